The molecule has 0 atom stereocenters. The second-order valence-electron chi connectivity index (χ2n) is 2.91. The molecule has 1 aromatic rings. The van der Waals surface area contributed by atoms with Gasteiger partial charge in [0.05, 0.1) is 19.3 Å². The maximum atomic E-state index is 5.46. The van der Waals surface area contributed by atoms with Gasteiger partial charge in [-0.05, 0) is 18.2 Å². The molecule has 0 N–H and O–H groups in total. The Morgan fingerprint density at radius 2 is 2.15 bits per heavy atom. The molecule has 0 radical (unpaired) electrons. The Hall–Kier alpha value is -1.44. The second-order valence-corrected chi connectivity index (χ2v) is 2.91. The van der Waals surface area contributed by atoms with Gasteiger partial charge in [-0.25, -0.2) is 0 Å². The van der Waals surface area contributed by atoms with Crippen LogP contribution in [0.2, 0.25) is 0 Å². The Kier molecular flexibility index (Phi) is 2.21. The number of rotatable bonds is 2. The molecule has 1 aliphatic heterocycles. The number of methoxy groups -OCH3 is 1. The van der Waals surface area contributed by atoms with E-state index in [9.17, 15) is 0 Å². The zero-order valence-corrected chi connectivity index (χ0v) is 7.62. The maximum absolute atomic E-state index is 5.46. The molecule has 0 saturated carbocycles. The Bertz CT molecular complexity index is 329. The molecule has 0 fully saturated rings. The highest BCUT2D eigenvalue weighted by atomic mass is 16.5. The number of benzene rings is 1. The molecule has 0 bridgehead atoms. The van der Waals surface area contributed by atoms with Gasteiger partial charge in [-0.2, -0.15) is 0 Å². The van der Waals surface area contributed by atoms with Crippen LogP contribution in [0.15, 0.2) is 30.3 Å². The first-order valence-electron chi connectivity index (χ1n) is 4.38. The van der Waals surface area contributed by atoms with Gasteiger partial charge in [0.25, 0.3) is 0 Å². The molecule has 2 rings (SSSR count). The Morgan fingerprint density at radius 1 is 1.31 bits per heavy atom. The summed E-state index contributed by atoms with van der Waals surface area (Å²) in [5.74, 6) is 1.81. The number of para-hydroxylation sites is 1. The molecule has 1 aromatic carbocycles. The summed E-state index contributed by atoms with van der Waals surface area (Å²) in [5, 5.41) is 0. The first kappa shape index (κ1) is 8.17. The minimum absolute atomic E-state index is 0.785. The van der Waals surface area contributed by atoms with E-state index in [1.807, 2.05) is 24.3 Å². The molecule has 2 nitrogen and oxygen atoms in total. The summed E-state index contributed by atoms with van der Waals surface area (Å²) < 4.78 is 10.7. The molecule has 0 amide bonds. The molecule has 1 heterocycles. The molecule has 0 spiro atoms. The van der Waals surface area contributed by atoms with Crippen molar-refractivity contribution in [3.05, 3.63) is 35.9 Å². The van der Waals surface area contributed by atoms with Crippen molar-refractivity contribution < 1.29 is 9.47 Å². The van der Waals surface area contributed by atoms with Crippen molar-refractivity contribution in [2.45, 2.75) is 6.42 Å². The SMILES string of the molecule is COc1ccccc1C1=CCCO1. The molecule has 1 aliphatic rings. The van der Waals surface area contributed by atoms with Crippen molar-refractivity contribution in [3.8, 4) is 5.75 Å². The zero-order chi connectivity index (χ0) is 9.10. The third-order valence-corrected chi connectivity index (χ3v) is 2.08. The summed E-state index contributed by atoms with van der Waals surface area (Å²) in [7, 11) is 1.67. The van der Waals surface area contributed by atoms with Gasteiger partial charge in [-0.15, -0.1) is 0 Å². The average Bonchev–Trinajstić information content (AvgIpc) is 2.70. The Morgan fingerprint density at radius 3 is 2.85 bits per heavy atom. The molecule has 0 aromatic heterocycles. The van der Waals surface area contributed by atoms with Gasteiger partial charge in [0, 0.05) is 6.42 Å². The first-order valence-corrected chi connectivity index (χ1v) is 4.38. The zero-order valence-electron chi connectivity index (χ0n) is 7.62. The lowest BCUT2D eigenvalue weighted by Crippen LogP contribution is -1.91. The van der Waals surface area contributed by atoms with Gasteiger partial charge in [-0.3, -0.25) is 0 Å². The monoisotopic (exact) mass is 176 g/mol. The van der Waals surface area contributed by atoms with Crippen LogP contribution in [-0.2, 0) is 4.74 Å². The van der Waals surface area contributed by atoms with E-state index < -0.39 is 0 Å². The highest BCUT2D eigenvalue weighted by molar-refractivity contribution is 5.66. The highest BCUT2D eigenvalue weighted by Crippen LogP contribution is 2.29. The van der Waals surface area contributed by atoms with E-state index in [-0.39, 0.29) is 0 Å². The quantitative estimate of drug-likeness (QED) is 0.689. The van der Waals surface area contributed by atoms with Crippen LogP contribution in [0.3, 0.4) is 0 Å². The maximum Gasteiger partial charge on any atom is 0.129 e. The Balaban J connectivity index is 2.38. The van der Waals surface area contributed by atoms with Crippen molar-refractivity contribution in [1.82, 2.24) is 0 Å². The van der Waals surface area contributed by atoms with Crippen molar-refractivity contribution in [3.63, 3.8) is 0 Å². The van der Waals surface area contributed by atoms with E-state index in [0.717, 1.165) is 30.1 Å². The lowest BCUT2D eigenvalue weighted by Gasteiger charge is -2.08. The summed E-state index contributed by atoms with van der Waals surface area (Å²) in [5.41, 5.74) is 1.04. The topological polar surface area (TPSA) is 18.5 Å². The summed E-state index contributed by atoms with van der Waals surface area (Å²) >= 11 is 0. The molecule has 0 aliphatic carbocycles. The van der Waals surface area contributed by atoms with E-state index >= 15 is 0 Å². The third kappa shape index (κ3) is 1.52. The third-order valence-electron chi connectivity index (χ3n) is 2.08. The fraction of sp³-hybridized carbons (Fsp3) is 0.273. The highest BCUT2D eigenvalue weighted by Gasteiger charge is 2.11. The van der Waals surface area contributed by atoms with Crippen molar-refractivity contribution >= 4 is 5.76 Å². The molecule has 2 heteroatoms. The molecule has 0 unspecified atom stereocenters. The number of hydrogen-bond acceptors (Lipinski definition) is 2. The van der Waals surface area contributed by atoms with Crippen LogP contribution in [-0.4, -0.2) is 13.7 Å². The van der Waals surface area contributed by atoms with Gasteiger partial charge in [-0.1, -0.05) is 12.1 Å². The number of ether oxygens (including phenoxy) is 2. The van der Waals surface area contributed by atoms with Crippen LogP contribution < -0.4 is 4.74 Å². The molecule has 13 heavy (non-hydrogen) atoms. The predicted molar refractivity (Wildman–Crippen MR) is 51.5 cm³/mol. The van der Waals surface area contributed by atoms with Crippen molar-refractivity contribution in [2.75, 3.05) is 13.7 Å². The lowest BCUT2D eigenvalue weighted by atomic mass is 10.1. The van der Waals surface area contributed by atoms with Gasteiger partial charge in [0.15, 0.2) is 0 Å². The van der Waals surface area contributed by atoms with Crippen molar-refractivity contribution in [2.24, 2.45) is 0 Å². The molecule has 0 saturated heterocycles. The van der Waals surface area contributed by atoms with Crippen LogP contribution in [0.5, 0.6) is 5.75 Å². The minimum Gasteiger partial charge on any atom is -0.496 e. The lowest BCUT2D eigenvalue weighted by molar-refractivity contribution is 0.305. The molecular formula is C11H12O2. The van der Waals surface area contributed by atoms with Gasteiger partial charge in [0.1, 0.15) is 11.5 Å². The summed E-state index contributed by atoms with van der Waals surface area (Å²) in [4.78, 5) is 0. The predicted octanol–water partition coefficient (Wildman–Crippen LogP) is 2.46. The number of hydrogen-bond donors (Lipinski definition) is 0. The fourth-order valence-electron chi connectivity index (χ4n) is 1.45. The van der Waals surface area contributed by atoms with E-state index in [0.29, 0.717) is 0 Å². The molecular weight excluding hydrogens is 164 g/mol. The minimum atomic E-state index is 0.785. The van der Waals surface area contributed by atoms with Gasteiger partial charge < -0.3 is 9.47 Å². The summed E-state index contributed by atoms with van der Waals surface area (Å²) in [6, 6.07) is 7.89. The Labute approximate surface area is 77.8 Å². The van der Waals surface area contributed by atoms with E-state index in [2.05, 4.69) is 6.08 Å². The van der Waals surface area contributed by atoms with Crippen LogP contribution in [0.4, 0.5) is 0 Å². The van der Waals surface area contributed by atoms with Crippen molar-refractivity contribution in [1.29, 1.82) is 0 Å². The van der Waals surface area contributed by atoms with Crippen LogP contribution >= 0.6 is 0 Å². The van der Waals surface area contributed by atoms with Gasteiger partial charge >= 0.3 is 0 Å². The van der Waals surface area contributed by atoms with Crippen LogP contribution in [0.25, 0.3) is 5.76 Å². The van der Waals surface area contributed by atoms with Crippen LogP contribution in [0.1, 0.15) is 12.0 Å². The average molecular weight is 176 g/mol. The molecule has 68 valence electrons. The fourth-order valence-corrected chi connectivity index (χ4v) is 1.45. The second kappa shape index (κ2) is 3.52. The summed E-state index contributed by atoms with van der Waals surface area (Å²) in [6.45, 7) is 0.785. The van der Waals surface area contributed by atoms with E-state index in [4.69, 9.17) is 9.47 Å². The van der Waals surface area contributed by atoms with Crippen LogP contribution in [0, 0.1) is 0 Å². The summed E-state index contributed by atoms with van der Waals surface area (Å²) in [6.07, 6.45) is 3.09. The van der Waals surface area contributed by atoms with Gasteiger partial charge in [0.2, 0.25) is 0 Å². The standard InChI is InChI=1S/C11H12O2/c1-12-10-6-3-2-5-9(10)11-7-4-8-13-11/h2-3,5-7H,4,8H2,1H3. The largest absolute Gasteiger partial charge is 0.496 e. The smallest absolute Gasteiger partial charge is 0.129 e. The normalized spacial score (nSPS) is 15.0. The van der Waals surface area contributed by atoms with E-state index in [1.165, 1.54) is 0 Å². The van der Waals surface area contributed by atoms with E-state index in [1.54, 1.807) is 7.11 Å². The first-order chi connectivity index (χ1) is 6.42.